The normalized spacial score (nSPS) is 23.2. The highest BCUT2D eigenvalue weighted by Gasteiger charge is 2.30. The summed E-state index contributed by atoms with van der Waals surface area (Å²) in [5.74, 6) is 0.642. The summed E-state index contributed by atoms with van der Waals surface area (Å²) in [5.41, 5.74) is 7.23. The Kier molecular flexibility index (Phi) is 8.74. The molecule has 1 aromatic rings. The Labute approximate surface area is 151 Å². The first-order chi connectivity index (χ1) is 11.0. The van der Waals surface area contributed by atoms with Crippen molar-refractivity contribution in [2.24, 2.45) is 23.5 Å². The number of hydrogen-bond donors (Lipinski definition) is 2. The molecule has 1 aromatic carbocycles. The number of rotatable bonds is 6. The van der Waals surface area contributed by atoms with Crippen LogP contribution in [0.25, 0.3) is 0 Å². The zero-order chi connectivity index (χ0) is 16.8. The first-order valence-electron chi connectivity index (χ1n) is 8.70. The number of benzene rings is 1. The summed E-state index contributed by atoms with van der Waals surface area (Å²) < 4.78 is 5.89. The highest BCUT2D eigenvalue weighted by molar-refractivity contribution is 5.85. The zero-order valence-electron chi connectivity index (χ0n) is 14.9. The Hall–Kier alpha value is -1.10. The van der Waals surface area contributed by atoms with E-state index in [4.69, 9.17) is 10.5 Å². The van der Waals surface area contributed by atoms with Gasteiger partial charge >= 0.3 is 0 Å². The van der Waals surface area contributed by atoms with Gasteiger partial charge in [-0.3, -0.25) is 4.79 Å². The largest absolute Gasteiger partial charge is 0.378 e. The Balaban J connectivity index is 0.00000288. The quantitative estimate of drug-likeness (QED) is 0.823. The molecule has 0 aliphatic carbocycles. The molecule has 4 nitrogen and oxygen atoms in total. The molecule has 1 saturated heterocycles. The molecule has 0 bridgehead atoms. The Bertz CT molecular complexity index is 495. The lowest BCUT2D eigenvalue weighted by atomic mass is 9.87. The Morgan fingerprint density at radius 2 is 1.96 bits per heavy atom. The van der Waals surface area contributed by atoms with Crippen LogP contribution in [0.5, 0.6) is 0 Å². The standard InChI is InChI=1S/C19H30N2O2.ClH/c1-13(2)18-16(10-7-11-23-18)12-21-19(22)14(3)17(20)15-8-5-4-6-9-15;/h4-6,8-9,13-14,16-18H,7,10-12,20H2,1-3H3,(H,21,22);1H. The number of carbonyl (C=O) groups is 1. The van der Waals surface area contributed by atoms with Gasteiger partial charge in [0.1, 0.15) is 0 Å². The van der Waals surface area contributed by atoms with Crippen molar-refractivity contribution >= 4 is 18.3 Å². The Morgan fingerprint density at radius 1 is 1.29 bits per heavy atom. The van der Waals surface area contributed by atoms with Crippen LogP contribution < -0.4 is 11.1 Å². The van der Waals surface area contributed by atoms with Crippen molar-refractivity contribution in [3.8, 4) is 0 Å². The summed E-state index contributed by atoms with van der Waals surface area (Å²) in [4.78, 5) is 12.4. The van der Waals surface area contributed by atoms with Crippen molar-refractivity contribution in [1.29, 1.82) is 0 Å². The molecule has 4 atom stereocenters. The van der Waals surface area contributed by atoms with Crippen LogP contribution >= 0.6 is 12.4 Å². The molecule has 1 amide bonds. The summed E-state index contributed by atoms with van der Waals surface area (Å²) in [6.45, 7) is 7.76. The number of hydrogen-bond acceptors (Lipinski definition) is 3. The maximum Gasteiger partial charge on any atom is 0.224 e. The predicted molar refractivity (Wildman–Crippen MR) is 100 cm³/mol. The van der Waals surface area contributed by atoms with Gasteiger partial charge in [-0.25, -0.2) is 0 Å². The average molecular weight is 355 g/mol. The van der Waals surface area contributed by atoms with Gasteiger partial charge in [0, 0.05) is 25.1 Å². The van der Waals surface area contributed by atoms with Gasteiger partial charge in [-0.05, 0) is 24.3 Å². The molecule has 1 heterocycles. The van der Waals surface area contributed by atoms with Gasteiger partial charge in [0.15, 0.2) is 0 Å². The fraction of sp³-hybridized carbons (Fsp3) is 0.632. The second-order valence-electron chi connectivity index (χ2n) is 6.95. The minimum Gasteiger partial charge on any atom is -0.378 e. The summed E-state index contributed by atoms with van der Waals surface area (Å²) in [5, 5.41) is 3.09. The van der Waals surface area contributed by atoms with Crippen LogP contribution in [0.3, 0.4) is 0 Å². The maximum atomic E-state index is 12.4. The van der Waals surface area contributed by atoms with E-state index in [0.717, 1.165) is 25.0 Å². The first kappa shape index (κ1) is 20.9. The third-order valence-electron chi connectivity index (χ3n) is 4.83. The van der Waals surface area contributed by atoms with E-state index in [9.17, 15) is 4.79 Å². The fourth-order valence-electron chi connectivity index (χ4n) is 3.34. The number of nitrogens with one attached hydrogen (secondary N) is 1. The molecule has 3 N–H and O–H groups in total. The van der Waals surface area contributed by atoms with E-state index in [-0.39, 0.29) is 36.4 Å². The molecule has 136 valence electrons. The molecule has 4 unspecified atom stereocenters. The van der Waals surface area contributed by atoms with Crippen molar-refractivity contribution in [1.82, 2.24) is 5.32 Å². The van der Waals surface area contributed by atoms with Gasteiger partial charge < -0.3 is 15.8 Å². The first-order valence-corrected chi connectivity index (χ1v) is 8.70. The van der Waals surface area contributed by atoms with Crippen molar-refractivity contribution < 1.29 is 9.53 Å². The van der Waals surface area contributed by atoms with Crippen molar-refractivity contribution in [3.63, 3.8) is 0 Å². The monoisotopic (exact) mass is 354 g/mol. The van der Waals surface area contributed by atoms with Gasteiger partial charge in [0.25, 0.3) is 0 Å². The van der Waals surface area contributed by atoms with Crippen LogP contribution in [-0.2, 0) is 9.53 Å². The van der Waals surface area contributed by atoms with Gasteiger partial charge in [0.2, 0.25) is 5.91 Å². The average Bonchev–Trinajstić information content (AvgIpc) is 2.59. The van der Waals surface area contributed by atoms with Crippen LogP contribution in [0.4, 0.5) is 0 Å². The van der Waals surface area contributed by atoms with Crippen LogP contribution in [0.1, 0.15) is 45.2 Å². The number of halogens is 1. The molecule has 2 rings (SSSR count). The van der Waals surface area contributed by atoms with E-state index >= 15 is 0 Å². The lowest BCUT2D eigenvalue weighted by Gasteiger charge is -2.35. The number of carbonyl (C=O) groups excluding carboxylic acids is 1. The van der Waals surface area contributed by atoms with Crippen LogP contribution in [0, 0.1) is 17.8 Å². The van der Waals surface area contributed by atoms with Crippen LogP contribution in [0.2, 0.25) is 0 Å². The molecule has 1 aliphatic rings. The molecule has 24 heavy (non-hydrogen) atoms. The molecular formula is C19H31ClN2O2. The smallest absolute Gasteiger partial charge is 0.224 e. The minimum absolute atomic E-state index is 0. The summed E-state index contributed by atoms with van der Waals surface area (Å²) in [6.07, 6.45) is 2.42. The van der Waals surface area contributed by atoms with E-state index in [1.54, 1.807) is 0 Å². The number of nitrogens with two attached hydrogens (primary N) is 1. The zero-order valence-corrected chi connectivity index (χ0v) is 15.7. The Morgan fingerprint density at radius 3 is 2.58 bits per heavy atom. The van der Waals surface area contributed by atoms with Gasteiger partial charge in [-0.15, -0.1) is 12.4 Å². The predicted octanol–water partition coefficient (Wildman–Crippen LogP) is 3.31. The van der Waals surface area contributed by atoms with E-state index in [1.165, 1.54) is 0 Å². The van der Waals surface area contributed by atoms with Gasteiger partial charge in [-0.2, -0.15) is 0 Å². The molecule has 0 saturated carbocycles. The SMILES string of the molecule is CC(C)C1OCCCC1CNC(=O)C(C)C(N)c1ccccc1.Cl. The number of ether oxygens (including phenoxy) is 1. The molecule has 0 aromatic heterocycles. The molecular weight excluding hydrogens is 324 g/mol. The highest BCUT2D eigenvalue weighted by Crippen LogP contribution is 2.26. The van der Waals surface area contributed by atoms with E-state index in [2.05, 4.69) is 19.2 Å². The minimum atomic E-state index is -0.278. The summed E-state index contributed by atoms with van der Waals surface area (Å²) in [7, 11) is 0. The topological polar surface area (TPSA) is 64.3 Å². The highest BCUT2D eigenvalue weighted by atomic mass is 35.5. The van der Waals surface area contributed by atoms with E-state index in [0.29, 0.717) is 18.4 Å². The second kappa shape index (κ2) is 10.0. The van der Waals surface area contributed by atoms with Crippen LogP contribution in [0.15, 0.2) is 30.3 Å². The van der Waals surface area contributed by atoms with E-state index in [1.807, 2.05) is 37.3 Å². The molecule has 5 heteroatoms. The van der Waals surface area contributed by atoms with E-state index < -0.39 is 0 Å². The summed E-state index contributed by atoms with van der Waals surface area (Å²) >= 11 is 0. The maximum absolute atomic E-state index is 12.4. The molecule has 1 aliphatic heterocycles. The number of amides is 1. The molecule has 1 fully saturated rings. The fourth-order valence-corrected chi connectivity index (χ4v) is 3.34. The van der Waals surface area contributed by atoms with Crippen molar-refractivity contribution in [2.45, 2.75) is 45.8 Å². The molecule has 0 radical (unpaired) electrons. The third-order valence-corrected chi connectivity index (χ3v) is 4.83. The lowest BCUT2D eigenvalue weighted by molar-refractivity contribution is -0.126. The van der Waals surface area contributed by atoms with Crippen molar-refractivity contribution in [2.75, 3.05) is 13.2 Å². The third kappa shape index (κ3) is 5.47. The second-order valence-corrected chi connectivity index (χ2v) is 6.95. The van der Waals surface area contributed by atoms with Gasteiger partial charge in [-0.1, -0.05) is 51.1 Å². The van der Waals surface area contributed by atoms with Crippen LogP contribution in [-0.4, -0.2) is 25.2 Å². The lowest BCUT2D eigenvalue weighted by Crippen LogP contribution is -2.43. The molecule has 0 spiro atoms. The summed E-state index contributed by atoms with van der Waals surface area (Å²) in [6, 6.07) is 9.52. The van der Waals surface area contributed by atoms with Crippen molar-refractivity contribution in [3.05, 3.63) is 35.9 Å². The van der Waals surface area contributed by atoms with Gasteiger partial charge in [0.05, 0.1) is 12.0 Å².